The highest BCUT2D eigenvalue weighted by Crippen LogP contribution is 2.21. The van der Waals surface area contributed by atoms with Gasteiger partial charge in [0, 0.05) is 67.4 Å². The zero-order valence-corrected chi connectivity index (χ0v) is 17.9. The molecule has 0 radical (unpaired) electrons. The Morgan fingerprint density at radius 3 is 2.94 bits per heavy atom. The molecule has 9 heteroatoms. The normalized spacial score (nSPS) is 15.8. The zero-order chi connectivity index (χ0) is 22.3. The molecule has 0 aliphatic carbocycles. The van der Waals surface area contributed by atoms with Gasteiger partial charge in [0.1, 0.15) is 5.82 Å². The lowest BCUT2D eigenvalue weighted by Crippen LogP contribution is -2.39. The summed E-state index contributed by atoms with van der Waals surface area (Å²) in [6.07, 6.45) is 9.08. The number of aromatic nitrogens is 3. The van der Waals surface area contributed by atoms with E-state index < -0.39 is 0 Å². The van der Waals surface area contributed by atoms with Crippen LogP contribution >= 0.6 is 0 Å². The van der Waals surface area contributed by atoms with Crippen LogP contribution in [0.5, 0.6) is 0 Å². The van der Waals surface area contributed by atoms with Crippen LogP contribution < -0.4 is 16.0 Å². The monoisotopic (exact) mass is 430 g/mol. The summed E-state index contributed by atoms with van der Waals surface area (Å²) in [5.74, 6) is 0.391. The van der Waals surface area contributed by atoms with E-state index in [2.05, 4.69) is 41.9 Å². The SMILES string of the molecule is Cc1cc(Nc2cnc(NC(=O)NC3CCN(Cc4cccnc4)C3)cc2C=N)ccn1. The maximum Gasteiger partial charge on any atom is 0.320 e. The van der Waals surface area contributed by atoms with E-state index in [4.69, 9.17) is 5.41 Å². The second-order valence-corrected chi connectivity index (χ2v) is 7.79. The number of nitrogens with zero attached hydrogens (tertiary/aromatic N) is 4. The first kappa shape index (κ1) is 21.4. The van der Waals surface area contributed by atoms with Crippen LogP contribution in [0.25, 0.3) is 0 Å². The van der Waals surface area contributed by atoms with Gasteiger partial charge in [-0.1, -0.05) is 6.07 Å². The Hall–Kier alpha value is -3.85. The van der Waals surface area contributed by atoms with E-state index >= 15 is 0 Å². The van der Waals surface area contributed by atoms with Gasteiger partial charge in [0.2, 0.25) is 0 Å². The molecule has 4 N–H and O–H groups in total. The molecule has 32 heavy (non-hydrogen) atoms. The highest BCUT2D eigenvalue weighted by Gasteiger charge is 2.24. The predicted molar refractivity (Wildman–Crippen MR) is 124 cm³/mol. The number of urea groups is 1. The Kier molecular flexibility index (Phi) is 6.66. The summed E-state index contributed by atoms with van der Waals surface area (Å²) in [6, 6.07) is 9.19. The fraction of sp³-hybridized carbons (Fsp3) is 0.261. The smallest absolute Gasteiger partial charge is 0.320 e. The van der Waals surface area contributed by atoms with Crippen molar-refractivity contribution in [1.29, 1.82) is 5.41 Å². The number of pyridine rings is 3. The predicted octanol–water partition coefficient (Wildman–Crippen LogP) is 3.32. The summed E-state index contributed by atoms with van der Waals surface area (Å²) in [6.45, 7) is 4.44. The van der Waals surface area contributed by atoms with Crippen LogP contribution in [0.1, 0.15) is 23.2 Å². The Balaban J connectivity index is 1.31. The lowest BCUT2D eigenvalue weighted by atomic mass is 10.2. The molecule has 1 saturated heterocycles. The maximum atomic E-state index is 12.5. The number of rotatable bonds is 7. The number of hydrogen-bond acceptors (Lipinski definition) is 7. The van der Waals surface area contributed by atoms with Gasteiger partial charge < -0.3 is 16.0 Å². The second kappa shape index (κ2) is 9.97. The number of amides is 2. The maximum absolute atomic E-state index is 12.5. The summed E-state index contributed by atoms with van der Waals surface area (Å²) in [7, 11) is 0. The minimum absolute atomic E-state index is 0.0738. The molecule has 1 atom stereocenters. The molecule has 4 rings (SSSR count). The van der Waals surface area contributed by atoms with Crippen molar-refractivity contribution in [2.75, 3.05) is 23.7 Å². The third-order valence-electron chi connectivity index (χ3n) is 5.25. The van der Waals surface area contributed by atoms with Crippen molar-refractivity contribution >= 4 is 29.4 Å². The molecule has 2 amide bonds. The van der Waals surface area contributed by atoms with Crippen LogP contribution in [-0.2, 0) is 6.54 Å². The molecule has 164 valence electrons. The Bertz CT molecular complexity index is 1090. The third kappa shape index (κ3) is 5.64. The van der Waals surface area contributed by atoms with E-state index in [1.165, 1.54) is 6.21 Å². The molecule has 0 bridgehead atoms. The minimum Gasteiger partial charge on any atom is -0.354 e. The molecule has 9 nitrogen and oxygen atoms in total. The van der Waals surface area contributed by atoms with E-state index in [1.807, 2.05) is 31.3 Å². The first-order chi connectivity index (χ1) is 15.6. The van der Waals surface area contributed by atoms with E-state index in [0.29, 0.717) is 17.1 Å². The van der Waals surface area contributed by atoms with Gasteiger partial charge in [-0.3, -0.25) is 20.2 Å². The van der Waals surface area contributed by atoms with E-state index in [1.54, 1.807) is 24.7 Å². The first-order valence-corrected chi connectivity index (χ1v) is 10.5. The Labute approximate surface area is 186 Å². The third-order valence-corrected chi connectivity index (χ3v) is 5.25. The quantitative estimate of drug-likeness (QED) is 0.427. The molecule has 0 saturated carbocycles. The lowest BCUT2D eigenvalue weighted by molar-refractivity contribution is 0.247. The van der Waals surface area contributed by atoms with Crippen molar-refractivity contribution in [3.8, 4) is 0 Å². The fourth-order valence-electron chi connectivity index (χ4n) is 3.72. The Morgan fingerprint density at radius 2 is 2.16 bits per heavy atom. The highest BCUT2D eigenvalue weighted by atomic mass is 16.2. The van der Waals surface area contributed by atoms with Gasteiger partial charge >= 0.3 is 6.03 Å². The molecule has 3 aromatic rings. The standard InChI is InChI=1S/C23H26N8O/c1-16-9-19(4-7-26-16)28-21-13-27-22(10-18(21)11-24)30-23(32)29-20-5-8-31(15-20)14-17-3-2-6-25-12-17/h2-4,6-7,9-13,20,24H,5,8,14-15H2,1H3,(H,26,28)(H2,27,29,30,32). The average molecular weight is 431 g/mol. The molecule has 1 fully saturated rings. The van der Waals surface area contributed by atoms with Crippen molar-refractivity contribution in [2.45, 2.75) is 25.9 Å². The number of hydrogen-bond donors (Lipinski definition) is 4. The van der Waals surface area contributed by atoms with E-state index in [9.17, 15) is 4.79 Å². The van der Waals surface area contributed by atoms with Gasteiger partial charge in [-0.2, -0.15) is 0 Å². The summed E-state index contributed by atoms with van der Waals surface area (Å²) in [4.78, 5) is 27.4. The van der Waals surface area contributed by atoms with Gasteiger partial charge in [0.15, 0.2) is 0 Å². The fourth-order valence-corrected chi connectivity index (χ4v) is 3.72. The number of carbonyl (C=O) groups is 1. The molecular formula is C23H26N8O. The zero-order valence-electron chi connectivity index (χ0n) is 17.9. The number of aryl methyl sites for hydroxylation is 1. The van der Waals surface area contributed by atoms with Gasteiger partial charge in [-0.25, -0.2) is 9.78 Å². The van der Waals surface area contributed by atoms with Crippen molar-refractivity contribution < 1.29 is 4.79 Å². The highest BCUT2D eigenvalue weighted by molar-refractivity contribution is 5.92. The molecule has 4 heterocycles. The summed E-state index contributed by atoms with van der Waals surface area (Å²) in [5.41, 5.74) is 4.21. The van der Waals surface area contributed by atoms with Gasteiger partial charge in [0.25, 0.3) is 0 Å². The topological polar surface area (TPSA) is 119 Å². The molecule has 0 spiro atoms. The first-order valence-electron chi connectivity index (χ1n) is 10.5. The number of likely N-dealkylation sites (tertiary alicyclic amines) is 1. The van der Waals surface area contributed by atoms with Crippen LogP contribution in [0.4, 0.5) is 22.0 Å². The lowest BCUT2D eigenvalue weighted by Gasteiger charge is -2.17. The second-order valence-electron chi connectivity index (χ2n) is 7.79. The summed E-state index contributed by atoms with van der Waals surface area (Å²) in [5, 5.41) is 16.8. The Morgan fingerprint density at radius 1 is 1.25 bits per heavy atom. The average Bonchev–Trinajstić information content (AvgIpc) is 3.22. The van der Waals surface area contributed by atoms with Gasteiger partial charge in [-0.15, -0.1) is 0 Å². The molecule has 0 aromatic carbocycles. The summed E-state index contributed by atoms with van der Waals surface area (Å²) >= 11 is 0. The number of nitrogens with one attached hydrogen (secondary N) is 4. The van der Waals surface area contributed by atoms with Crippen molar-refractivity contribution in [2.24, 2.45) is 0 Å². The molecule has 1 aliphatic heterocycles. The van der Waals surface area contributed by atoms with E-state index in [-0.39, 0.29) is 12.1 Å². The number of carbonyl (C=O) groups excluding carboxylic acids is 1. The largest absolute Gasteiger partial charge is 0.354 e. The van der Waals surface area contributed by atoms with Crippen LogP contribution in [0.3, 0.4) is 0 Å². The van der Waals surface area contributed by atoms with Crippen LogP contribution in [0, 0.1) is 12.3 Å². The van der Waals surface area contributed by atoms with Gasteiger partial charge in [-0.05, 0) is 43.2 Å². The van der Waals surface area contributed by atoms with E-state index in [0.717, 1.165) is 43.0 Å². The van der Waals surface area contributed by atoms with Crippen molar-refractivity contribution in [3.63, 3.8) is 0 Å². The molecular weight excluding hydrogens is 404 g/mol. The molecule has 3 aromatic heterocycles. The molecule has 1 unspecified atom stereocenters. The van der Waals surface area contributed by atoms with Crippen LogP contribution in [-0.4, -0.2) is 51.2 Å². The van der Waals surface area contributed by atoms with Crippen LogP contribution in [0.15, 0.2) is 55.1 Å². The van der Waals surface area contributed by atoms with Crippen LogP contribution in [0.2, 0.25) is 0 Å². The minimum atomic E-state index is -0.299. The summed E-state index contributed by atoms with van der Waals surface area (Å²) < 4.78 is 0. The molecule has 1 aliphatic rings. The van der Waals surface area contributed by atoms with Gasteiger partial charge in [0.05, 0.1) is 11.9 Å². The van der Waals surface area contributed by atoms with Crippen molar-refractivity contribution in [1.82, 2.24) is 25.2 Å². The number of anilines is 3. The van der Waals surface area contributed by atoms with Crippen molar-refractivity contribution in [3.05, 3.63) is 71.9 Å².